The summed E-state index contributed by atoms with van der Waals surface area (Å²) in [7, 11) is -4.41. The molecule has 0 heterocycles. The van der Waals surface area contributed by atoms with Crippen LogP contribution in [0, 0.1) is 0 Å². The first-order valence-electron chi connectivity index (χ1n) is 4.07. The molecule has 0 amide bonds. The highest BCUT2D eigenvalue weighted by molar-refractivity contribution is 9.10. The van der Waals surface area contributed by atoms with Crippen molar-refractivity contribution in [2.45, 2.75) is 12.8 Å². The lowest BCUT2D eigenvalue weighted by molar-refractivity contribution is 0.546. The van der Waals surface area contributed by atoms with Crippen molar-refractivity contribution in [2.75, 3.05) is 5.75 Å². The van der Waals surface area contributed by atoms with E-state index >= 15 is 0 Å². The van der Waals surface area contributed by atoms with Gasteiger partial charge in [-0.05, 0) is 17.5 Å². The van der Waals surface area contributed by atoms with Gasteiger partial charge in [-0.3, -0.25) is 0 Å². The van der Waals surface area contributed by atoms with Crippen molar-refractivity contribution in [1.29, 1.82) is 0 Å². The fraction of sp³-hybridized carbons (Fsp3) is 0.333. The first-order valence-corrected chi connectivity index (χ1v) is 6.41. The van der Waals surface area contributed by atoms with Crippen molar-refractivity contribution in [3.8, 4) is 0 Å². The lowest BCUT2D eigenvalue weighted by Gasteiger charge is -2.10. The molecule has 0 aliphatic carbocycles. The highest BCUT2D eigenvalue weighted by Crippen LogP contribution is 2.25. The van der Waals surface area contributed by atoms with Gasteiger partial charge in [-0.2, -0.15) is 8.42 Å². The van der Waals surface area contributed by atoms with Crippen LogP contribution in [0.1, 0.15) is 18.4 Å². The molecule has 1 rings (SSSR count). The van der Waals surface area contributed by atoms with Gasteiger partial charge in [0.15, 0.2) is 0 Å². The predicted octanol–water partition coefficient (Wildman–Crippen LogP) is 2.85. The van der Waals surface area contributed by atoms with Gasteiger partial charge in [0.2, 0.25) is 0 Å². The van der Waals surface area contributed by atoms with E-state index in [0.29, 0.717) is 0 Å². The number of hydrogen-bond acceptors (Lipinski definition) is 2. The van der Waals surface area contributed by atoms with Crippen LogP contribution in [0.4, 0.5) is 3.89 Å². The van der Waals surface area contributed by atoms with E-state index < -0.39 is 16.0 Å². The van der Waals surface area contributed by atoms with Gasteiger partial charge in [0, 0.05) is 4.47 Å². The fourth-order valence-corrected chi connectivity index (χ4v) is 2.72. The second kappa shape index (κ2) is 4.40. The molecule has 0 saturated carbocycles. The first-order chi connectivity index (χ1) is 6.40. The Morgan fingerprint density at radius 1 is 1.43 bits per heavy atom. The van der Waals surface area contributed by atoms with Crippen LogP contribution in [0.15, 0.2) is 28.7 Å². The summed E-state index contributed by atoms with van der Waals surface area (Å²) in [5.41, 5.74) is 0.800. The summed E-state index contributed by atoms with van der Waals surface area (Å²) in [6.45, 7) is 1.68. The molecule has 14 heavy (non-hydrogen) atoms. The fourth-order valence-electron chi connectivity index (χ4n) is 1.26. The highest BCUT2D eigenvalue weighted by Gasteiger charge is 2.17. The Hall–Kier alpha value is -0.420. The molecule has 1 atom stereocenters. The van der Waals surface area contributed by atoms with Gasteiger partial charge in [-0.1, -0.05) is 41.1 Å². The molecule has 0 saturated heterocycles. The Morgan fingerprint density at radius 2 is 2.00 bits per heavy atom. The number of rotatable bonds is 3. The second-order valence-electron chi connectivity index (χ2n) is 3.13. The van der Waals surface area contributed by atoms with Crippen molar-refractivity contribution in [1.82, 2.24) is 0 Å². The van der Waals surface area contributed by atoms with Gasteiger partial charge in [-0.25, -0.2) is 0 Å². The smallest absolute Gasteiger partial charge is 0.195 e. The van der Waals surface area contributed by atoms with E-state index in [0.717, 1.165) is 10.0 Å². The molecule has 0 bridgehead atoms. The second-order valence-corrected chi connectivity index (χ2v) is 5.39. The summed E-state index contributed by atoms with van der Waals surface area (Å²) in [6, 6.07) is 7.20. The van der Waals surface area contributed by atoms with Crippen molar-refractivity contribution >= 4 is 26.2 Å². The molecular formula is C9H10BrFO2S. The van der Waals surface area contributed by atoms with Crippen LogP contribution in [0.3, 0.4) is 0 Å². The topological polar surface area (TPSA) is 34.1 Å². The molecule has 0 spiro atoms. The van der Waals surface area contributed by atoms with E-state index in [1.165, 1.54) is 0 Å². The van der Waals surface area contributed by atoms with Crippen molar-refractivity contribution in [3.63, 3.8) is 0 Å². The minimum atomic E-state index is -4.41. The Morgan fingerprint density at radius 3 is 2.50 bits per heavy atom. The number of hydrogen-bond donors (Lipinski definition) is 0. The molecule has 0 radical (unpaired) electrons. The van der Waals surface area contributed by atoms with E-state index in [1.807, 2.05) is 6.07 Å². The molecule has 0 N–H and O–H groups in total. The summed E-state index contributed by atoms with van der Waals surface area (Å²) < 4.78 is 34.1. The van der Waals surface area contributed by atoms with Crippen molar-refractivity contribution in [3.05, 3.63) is 34.3 Å². The van der Waals surface area contributed by atoms with Crippen molar-refractivity contribution < 1.29 is 12.3 Å². The predicted molar refractivity (Wildman–Crippen MR) is 57.5 cm³/mol. The van der Waals surface area contributed by atoms with Gasteiger partial charge < -0.3 is 0 Å². The van der Waals surface area contributed by atoms with E-state index in [1.54, 1.807) is 25.1 Å². The maximum Gasteiger partial charge on any atom is 0.303 e. The molecule has 2 nitrogen and oxygen atoms in total. The normalized spacial score (nSPS) is 13.9. The third kappa shape index (κ3) is 3.38. The molecule has 0 aliphatic heterocycles. The number of halogens is 2. The summed E-state index contributed by atoms with van der Waals surface area (Å²) >= 11 is 3.29. The van der Waals surface area contributed by atoms with Crippen LogP contribution in [-0.2, 0) is 10.2 Å². The lowest BCUT2D eigenvalue weighted by Crippen LogP contribution is -2.08. The molecule has 5 heteroatoms. The Balaban J connectivity index is 2.90. The van der Waals surface area contributed by atoms with E-state index in [9.17, 15) is 12.3 Å². The zero-order valence-corrected chi connectivity index (χ0v) is 9.98. The van der Waals surface area contributed by atoms with Gasteiger partial charge in [-0.15, -0.1) is 3.89 Å². The Bertz CT molecular complexity index is 417. The van der Waals surface area contributed by atoms with Gasteiger partial charge in [0.1, 0.15) is 0 Å². The van der Waals surface area contributed by atoms with E-state index in [4.69, 9.17) is 0 Å². The molecule has 0 fully saturated rings. The third-order valence-electron chi connectivity index (χ3n) is 1.89. The standard InChI is InChI=1S/C9H10BrFO2S/c1-7(6-14(11,12)13)8-4-2-3-5-9(8)10/h2-5,7H,6H2,1H3. The SMILES string of the molecule is CC(CS(=O)(=O)F)c1ccccc1Br. The minimum absolute atomic E-state index is 0.347. The average molecular weight is 281 g/mol. The summed E-state index contributed by atoms with van der Waals surface area (Å²) in [5.74, 6) is -0.823. The summed E-state index contributed by atoms with van der Waals surface area (Å²) in [5, 5.41) is 0. The first kappa shape index (κ1) is 11.7. The molecule has 1 aromatic carbocycles. The maximum absolute atomic E-state index is 12.4. The zero-order chi connectivity index (χ0) is 10.8. The van der Waals surface area contributed by atoms with Gasteiger partial charge >= 0.3 is 10.2 Å². The van der Waals surface area contributed by atoms with E-state index in [2.05, 4.69) is 15.9 Å². The van der Waals surface area contributed by atoms with Crippen LogP contribution in [-0.4, -0.2) is 14.2 Å². The van der Waals surface area contributed by atoms with Gasteiger partial charge in [0.25, 0.3) is 0 Å². The third-order valence-corrected chi connectivity index (χ3v) is 3.51. The lowest BCUT2D eigenvalue weighted by atomic mass is 10.0. The molecule has 1 unspecified atom stereocenters. The maximum atomic E-state index is 12.4. The molecule has 78 valence electrons. The van der Waals surface area contributed by atoms with E-state index in [-0.39, 0.29) is 5.92 Å². The molecule has 0 aromatic heterocycles. The van der Waals surface area contributed by atoms with Crippen LogP contribution in [0.5, 0.6) is 0 Å². The summed E-state index contributed by atoms with van der Waals surface area (Å²) in [6.07, 6.45) is 0. The van der Waals surface area contributed by atoms with Gasteiger partial charge in [0.05, 0.1) is 5.75 Å². The largest absolute Gasteiger partial charge is 0.303 e. The summed E-state index contributed by atoms with van der Waals surface area (Å²) in [4.78, 5) is 0. The number of benzene rings is 1. The highest BCUT2D eigenvalue weighted by atomic mass is 79.9. The molecule has 1 aromatic rings. The Labute approximate surface area is 91.5 Å². The van der Waals surface area contributed by atoms with Crippen LogP contribution in [0.25, 0.3) is 0 Å². The average Bonchev–Trinajstić information content (AvgIpc) is 2.01. The molecule has 0 aliphatic rings. The van der Waals surface area contributed by atoms with Crippen LogP contribution in [0.2, 0.25) is 0 Å². The Kier molecular flexibility index (Phi) is 3.66. The van der Waals surface area contributed by atoms with Crippen LogP contribution >= 0.6 is 15.9 Å². The molecular weight excluding hydrogens is 271 g/mol. The van der Waals surface area contributed by atoms with Crippen molar-refractivity contribution in [2.24, 2.45) is 0 Å². The van der Waals surface area contributed by atoms with Crippen LogP contribution < -0.4 is 0 Å². The quantitative estimate of drug-likeness (QED) is 0.798. The monoisotopic (exact) mass is 280 g/mol. The zero-order valence-electron chi connectivity index (χ0n) is 7.57. The minimum Gasteiger partial charge on any atom is -0.195 e.